The summed E-state index contributed by atoms with van der Waals surface area (Å²) in [6, 6.07) is 0. The molecule has 154 valence electrons. The lowest BCUT2D eigenvalue weighted by Crippen LogP contribution is -2.51. The molecule has 2 heteroatoms. The summed E-state index contributed by atoms with van der Waals surface area (Å²) in [5.74, 6) is 4.19. The Morgan fingerprint density at radius 2 is 1.82 bits per heavy atom. The third kappa shape index (κ3) is 2.85. The zero-order chi connectivity index (χ0) is 20.3. The highest BCUT2D eigenvalue weighted by Gasteiger charge is 2.59. The molecule has 0 radical (unpaired) electrons. The zero-order valence-electron chi connectivity index (χ0n) is 18.4. The molecule has 0 amide bonds. The van der Waals surface area contributed by atoms with E-state index < -0.39 is 5.41 Å². The van der Waals surface area contributed by atoms with Gasteiger partial charge in [-0.15, -0.1) is 0 Å². The number of fused-ring (bicyclic) bond motifs is 5. The number of hydrogen-bond donors (Lipinski definition) is 1. The van der Waals surface area contributed by atoms with E-state index in [0.717, 1.165) is 29.7 Å². The molecule has 1 N–H and O–H groups in total. The molecule has 0 aromatic carbocycles. The molecule has 0 aliphatic heterocycles. The van der Waals surface area contributed by atoms with Crippen LogP contribution in [0.2, 0.25) is 0 Å². The smallest absolute Gasteiger partial charge is 0.169 e. The average Bonchev–Trinajstić information content (AvgIpc) is 2.98. The second-order valence-corrected chi connectivity index (χ2v) is 11.1. The van der Waals surface area contributed by atoms with E-state index >= 15 is 0 Å². The van der Waals surface area contributed by atoms with Crippen LogP contribution in [0.25, 0.3) is 0 Å². The number of hydrogen-bond acceptors (Lipinski definition) is 2. The van der Waals surface area contributed by atoms with Gasteiger partial charge in [-0.3, -0.25) is 4.79 Å². The summed E-state index contributed by atoms with van der Waals surface area (Å²) in [6.45, 7) is 11.9. The maximum Gasteiger partial charge on any atom is 0.169 e. The Balaban J connectivity index is 1.61. The second-order valence-electron chi connectivity index (χ2n) is 11.1. The standard InChI is InChI=1S/C26H38O2/c1-16(2)6-7-17(3)21-10-11-22-20-9-8-18-14-19(27)15-24(28)26(18,5)23(20)12-13-25(21,22)4/h8-9,14-17,20-23,27H,6-7,10-13H2,1-5H3/t17-,20-,21+,22-,23-,25+,26-/m0/s1. The molecule has 28 heavy (non-hydrogen) atoms. The van der Waals surface area contributed by atoms with Crippen LogP contribution in [0.1, 0.15) is 73.1 Å². The lowest BCUT2D eigenvalue weighted by Gasteiger charge is -2.55. The van der Waals surface area contributed by atoms with E-state index in [9.17, 15) is 9.90 Å². The molecular weight excluding hydrogens is 344 g/mol. The molecule has 0 saturated heterocycles. The van der Waals surface area contributed by atoms with Crippen LogP contribution in [-0.2, 0) is 4.79 Å². The van der Waals surface area contributed by atoms with Gasteiger partial charge >= 0.3 is 0 Å². The van der Waals surface area contributed by atoms with Crippen molar-refractivity contribution in [3.63, 3.8) is 0 Å². The van der Waals surface area contributed by atoms with Crippen LogP contribution in [-0.4, -0.2) is 10.9 Å². The minimum atomic E-state index is -0.450. The van der Waals surface area contributed by atoms with Gasteiger partial charge in [0, 0.05) is 6.08 Å². The third-order valence-corrected chi connectivity index (χ3v) is 9.23. The van der Waals surface area contributed by atoms with Gasteiger partial charge in [0.2, 0.25) is 0 Å². The van der Waals surface area contributed by atoms with Gasteiger partial charge in [0.15, 0.2) is 5.78 Å². The molecule has 0 aromatic rings. The molecule has 0 aromatic heterocycles. The van der Waals surface area contributed by atoms with Crippen molar-refractivity contribution in [3.8, 4) is 0 Å². The number of carbonyl (C=O) groups is 1. The highest BCUT2D eigenvalue weighted by Crippen LogP contribution is 2.65. The SMILES string of the molecule is CC(C)CC[C@H](C)[C@H]1CC[C@H]2[C@@H]3C=CC4=CC(O)=CC(=O)[C@]4(C)[C@H]3CC[C@]12C. The van der Waals surface area contributed by atoms with Crippen LogP contribution in [0.15, 0.2) is 35.6 Å². The Bertz CT molecular complexity index is 742. The van der Waals surface area contributed by atoms with Crippen LogP contribution >= 0.6 is 0 Å². The average molecular weight is 383 g/mol. The number of carbonyl (C=O) groups excluding carboxylic acids is 1. The van der Waals surface area contributed by atoms with Gasteiger partial charge in [-0.1, -0.05) is 52.7 Å². The van der Waals surface area contributed by atoms with E-state index in [1.165, 1.54) is 38.2 Å². The van der Waals surface area contributed by atoms with E-state index in [0.29, 0.717) is 23.2 Å². The lowest BCUT2D eigenvalue weighted by atomic mass is 9.48. The topological polar surface area (TPSA) is 37.3 Å². The summed E-state index contributed by atoms with van der Waals surface area (Å²) >= 11 is 0. The first kappa shape index (κ1) is 20.0. The summed E-state index contributed by atoms with van der Waals surface area (Å²) in [4.78, 5) is 13.0. The maximum atomic E-state index is 13.0. The molecular formula is C26H38O2. The summed E-state index contributed by atoms with van der Waals surface area (Å²) in [7, 11) is 0. The fourth-order valence-corrected chi connectivity index (χ4v) is 7.52. The first-order valence-corrected chi connectivity index (χ1v) is 11.5. The molecule has 0 unspecified atom stereocenters. The molecule has 2 fully saturated rings. The number of rotatable bonds is 4. The molecule has 4 aliphatic carbocycles. The largest absolute Gasteiger partial charge is 0.508 e. The van der Waals surface area contributed by atoms with E-state index in [1.54, 1.807) is 0 Å². The molecule has 4 rings (SSSR count). The molecule has 2 saturated carbocycles. The molecule has 0 heterocycles. The molecule has 4 aliphatic rings. The van der Waals surface area contributed by atoms with Crippen LogP contribution in [0.4, 0.5) is 0 Å². The van der Waals surface area contributed by atoms with Crippen molar-refractivity contribution < 1.29 is 9.90 Å². The Kier molecular flexibility index (Phi) is 4.91. The van der Waals surface area contributed by atoms with E-state index in [-0.39, 0.29) is 11.5 Å². The molecule has 0 bridgehead atoms. The Morgan fingerprint density at radius 1 is 1.07 bits per heavy atom. The van der Waals surface area contributed by atoms with E-state index in [2.05, 4.69) is 46.8 Å². The van der Waals surface area contributed by atoms with E-state index in [1.807, 2.05) is 6.08 Å². The van der Waals surface area contributed by atoms with Crippen LogP contribution in [0.3, 0.4) is 0 Å². The number of allylic oxidation sites excluding steroid dienone is 5. The highest BCUT2D eigenvalue weighted by atomic mass is 16.3. The van der Waals surface area contributed by atoms with Crippen LogP contribution < -0.4 is 0 Å². The van der Waals surface area contributed by atoms with Crippen LogP contribution in [0.5, 0.6) is 0 Å². The predicted octanol–water partition coefficient (Wildman–Crippen LogP) is 6.64. The number of aliphatic hydroxyl groups is 1. The predicted molar refractivity (Wildman–Crippen MR) is 115 cm³/mol. The third-order valence-electron chi connectivity index (χ3n) is 9.23. The molecule has 0 spiro atoms. The summed E-state index contributed by atoms with van der Waals surface area (Å²) in [6.07, 6.45) is 15.5. The van der Waals surface area contributed by atoms with Crippen molar-refractivity contribution in [1.82, 2.24) is 0 Å². The van der Waals surface area contributed by atoms with Crippen molar-refractivity contribution in [2.45, 2.75) is 73.1 Å². The molecule has 2 nitrogen and oxygen atoms in total. The Morgan fingerprint density at radius 3 is 2.54 bits per heavy atom. The second kappa shape index (κ2) is 6.89. The normalized spacial score (nSPS) is 43.1. The Hall–Kier alpha value is -1.31. The van der Waals surface area contributed by atoms with Gasteiger partial charge in [-0.05, 0) is 85.2 Å². The van der Waals surface area contributed by atoms with Crippen molar-refractivity contribution >= 4 is 5.78 Å². The summed E-state index contributed by atoms with van der Waals surface area (Å²) in [5.41, 5.74) is 0.978. The fraction of sp³-hybridized carbons (Fsp3) is 0.731. The minimum Gasteiger partial charge on any atom is -0.508 e. The first-order valence-electron chi connectivity index (χ1n) is 11.5. The summed E-state index contributed by atoms with van der Waals surface area (Å²) in [5, 5.41) is 9.94. The lowest BCUT2D eigenvalue weighted by molar-refractivity contribution is -0.128. The van der Waals surface area contributed by atoms with Gasteiger partial charge in [0.1, 0.15) is 5.76 Å². The van der Waals surface area contributed by atoms with Crippen molar-refractivity contribution in [2.75, 3.05) is 0 Å². The Labute approximate surface area is 171 Å². The highest BCUT2D eigenvalue weighted by molar-refractivity contribution is 6.00. The van der Waals surface area contributed by atoms with Gasteiger partial charge in [0.05, 0.1) is 5.41 Å². The van der Waals surface area contributed by atoms with Gasteiger partial charge in [0.25, 0.3) is 0 Å². The van der Waals surface area contributed by atoms with Gasteiger partial charge < -0.3 is 5.11 Å². The van der Waals surface area contributed by atoms with Crippen LogP contribution in [0, 0.1) is 46.3 Å². The number of ketones is 1. The maximum absolute atomic E-state index is 13.0. The molecule has 7 atom stereocenters. The minimum absolute atomic E-state index is 0.102. The van der Waals surface area contributed by atoms with Gasteiger partial charge in [-0.25, -0.2) is 0 Å². The van der Waals surface area contributed by atoms with E-state index in [4.69, 9.17) is 0 Å². The first-order chi connectivity index (χ1) is 13.2. The number of aliphatic hydroxyl groups excluding tert-OH is 1. The zero-order valence-corrected chi connectivity index (χ0v) is 18.4. The monoisotopic (exact) mass is 382 g/mol. The fourth-order valence-electron chi connectivity index (χ4n) is 7.52. The van der Waals surface area contributed by atoms with Gasteiger partial charge in [-0.2, -0.15) is 0 Å². The quantitative estimate of drug-likeness (QED) is 0.591. The van der Waals surface area contributed by atoms with Crippen molar-refractivity contribution in [1.29, 1.82) is 0 Å². The summed E-state index contributed by atoms with van der Waals surface area (Å²) < 4.78 is 0. The van der Waals surface area contributed by atoms with Crippen molar-refractivity contribution in [2.24, 2.45) is 46.3 Å². The van der Waals surface area contributed by atoms with Crippen molar-refractivity contribution in [3.05, 3.63) is 35.6 Å².